The third-order valence-electron chi connectivity index (χ3n) is 3.54. The molecule has 0 saturated carbocycles. The SMILES string of the molecule is CCc1ccc(N(C)c2cccc(F)c2[C@H](C)O)cc1. The van der Waals surface area contributed by atoms with Crippen molar-refractivity contribution in [1.29, 1.82) is 0 Å². The summed E-state index contributed by atoms with van der Waals surface area (Å²) in [6.45, 7) is 3.69. The summed E-state index contributed by atoms with van der Waals surface area (Å²) < 4.78 is 13.9. The molecule has 2 rings (SSSR count). The summed E-state index contributed by atoms with van der Waals surface area (Å²) >= 11 is 0. The Morgan fingerprint density at radius 1 is 1.15 bits per heavy atom. The first-order chi connectivity index (χ1) is 9.54. The van der Waals surface area contributed by atoms with E-state index in [1.54, 1.807) is 13.0 Å². The molecule has 0 bridgehead atoms. The van der Waals surface area contributed by atoms with Crippen molar-refractivity contribution in [2.24, 2.45) is 0 Å². The molecule has 0 fully saturated rings. The topological polar surface area (TPSA) is 23.5 Å². The van der Waals surface area contributed by atoms with Gasteiger partial charge in [0.05, 0.1) is 6.10 Å². The second-order valence-corrected chi connectivity index (χ2v) is 4.93. The quantitative estimate of drug-likeness (QED) is 0.902. The number of nitrogens with zero attached hydrogens (tertiary/aromatic N) is 1. The standard InChI is InChI=1S/C17H20FNO/c1-4-13-8-10-14(11-9-13)19(3)16-7-5-6-15(18)17(16)12(2)20/h5-12,20H,4H2,1-3H3/t12-/m0/s1. The lowest BCUT2D eigenvalue weighted by atomic mass is 10.1. The second-order valence-electron chi connectivity index (χ2n) is 4.93. The van der Waals surface area contributed by atoms with Crippen LogP contribution >= 0.6 is 0 Å². The molecular weight excluding hydrogens is 253 g/mol. The van der Waals surface area contributed by atoms with E-state index in [0.29, 0.717) is 11.3 Å². The summed E-state index contributed by atoms with van der Waals surface area (Å²) in [4.78, 5) is 1.89. The Labute approximate surface area is 119 Å². The second kappa shape index (κ2) is 6.06. The molecule has 2 nitrogen and oxygen atoms in total. The number of hydrogen-bond donors (Lipinski definition) is 1. The molecule has 2 aromatic carbocycles. The van der Waals surface area contributed by atoms with Crippen molar-refractivity contribution in [2.75, 3.05) is 11.9 Å². The van der Waals surface area contributed by atoms with Gasteiger partial charge in [-0.05, 0) is 43.2 Å². The number of benzene rings is 2. The van der Waals surface area contributed by atoms with Crippen LogP contribution in [-0.4, -0.2) is 12.2 Å². The van der Waals surface area contributed by atoms with Crippen LogP contribution in [0.3, 0.4) is 0 Å². The number of aliphatic hydroxyl groups is 1. The minimum Gasteiger partial charge on any atom is -0.389 e. The van der Waals surface area contributed by atoms with Gasteiger partial charge < -0.3 is 10.0 Å². The number of hydrogen-bond acceptors (Lipinski definition) is 2. The fourth-order valence-corrected chi connectivity index (χ4v) is 2.33. The number of halogens is 1. The molecule has 1 N–H and O–H groups in total. The Kier molecular flexibility index (Phi) is 4.40. The first-order valence-corrected chi connectivity index (χ1v) is 6.83. The number of aliphatic hydroxyl groups excluding tert-OH is 1. The minimum absolute atomic E-state index is 0.328. The van der Waals surface area contributed by atoms with E-state index in [4.69, 9.17) is 0 Å². The lowest BCUT2D eigenvalue weighted by Gasteiger charge is -2.24. The van der Waals surface area contributed by atoms with Gasteiger partial charge in [0.1, 0.15) is 5.82 Å². The van der Waals surface area contributed by atoms with Gasteiger partial charge in [0.2, 0.25) is 0 Å². The number of aryl methyl sites for hydroxylation is 1. The van der Waals surface area contributed by atoms with Crippen LogP contribution < -0.4 is 4.90 Å². The molecule has 0 aliphatic heterocycles. The molecule has 1 atom stereocenters. The van der Waals surface area contributed by atoms with Crippen molar-refractivity contribution in [3.8, 4) is 0 Å². The monoisotopic (exact) mass is 273 g/mol. The molecule has 0 aliphatic carbocycles. The van der Waals surface area contributed by atoms with Crippen LogP contribution in [0.1, 0.15) is 31.1 Å². The predicted octanol–water partition coefficient (Wildman–Crippen LogP) is 4.21. The maximum Gasteiger partial charge on any atom is 0.131 e. The van der Waals surface area contributed by atoms with E-state index in [1.807, 2.05) is 30.1 Å². The Morgan fingerprint density at radius 3 is 2.35 bits per heavy atom. The molecule has 0 unspecified atom stereocenters. The van der Waals surface area contributed by atoms with E-state index in [-0.39, 0.29) is 5.82 Å². The molecule has 106 valence electrons. The Morgan fingerprint density at radius 2 is 1.80 bits per heavy atom. The van der Waals surface area contributed by atoms with Gasteiger partial charge in [-0.1, -0.05) is 25.1 Å². The highest BCUT2D eigenvalue weighted by atomic mass is 19.1. The summed E-state index contributed by atoms with van der Waals surface area (Å²) in [7, 11) is 1.88. The number of rotatable bonds is 4. The maximum absolute atomic E-state index is 13.9. The summed E-state index contributed by atoms with van der Waals surface area (Å²) in [5.74, 6) is -0.380. The molecule has 3 heteroatoms. The summed E-state index contributed by atoms with van der Waals surface area (Å²) in [6.07, 6.45) is 0.145. The zero-order valence-corrected chi connectivity index (χ0v) is 12.1. The first kappa shape index (κ1) is 14.5. The van der Waals surface area contributed by atoms with Gasteiger partial charge in [-0.3, -0.25) is 0 Å². The van der Waals surface area contributed by atoms with Gasteiger partial charge in [0.15, 0.2) is 0 Å². The van der Waals surface area contributed by atoms with Crippen LogP contribution in [0.25, 0.3) is 0 Å². The van der Waals surface area contributed by atoms with Crippen LogP contribution in [0.2, 0.25) is 0 Å². The fraction of sp³-hybridized carbons (Fsp3) is 0.294. The van der Waals surface area contributed by atoms with Crippen LogP contribution in [0.4, 0.5) is 15.8 Å². The molecule has 0 radical (unpaired) electrons. The van der Waals surface area contributed by atoms with Crippen molar-refractivity contribution in [2.45, 2.75) is 26.4 Å². The highest BCUT2D eigenvalue weighted by Crippen LogP contribution is 2.32. The third kappa shape index (κ3) is 2.83. The Balaban J connectivity index is 2.42. The van der Waals surface area contributed by atoms with Crippen molar-refractivity contribution in [1.82, 2.24) is 0 Å². The summed E-state index contributed by atoms with van der Waals surface area (Å²) in [6, 6.07) is 13.0. The van der Waals surface area contributed by atoms with Crippen molar-refractivity contribution >= 4 is 11.4 Å². The molecule has 0 amide bonds. The van der Waals surface area contributed by atoms with Crippen molar-refractivity contribution in [3.05, 3.63) is 59.4 Å². The van der Waals surface area contributed by atoms with Gasteiger partial charge in [0, 0.05) is 24.0 Å². The molecular formula is C17H20FNO. The van der Waals surface area contributed by atoms with Crippen LogP contribution in [-0.2, 0) is 6.42 Å². The van der Waals surface area contributed by atoms with Crippen molar-refractivity contribution < 1.29 is 9.50 Å². The molecule has 2 aromatic rings. The largest absolute Gasteiger partial charge is 0.389 e. The maximum atomic E-state index is 13.9. The molecule has 0 aromatic heterocycles. The lowest BCUT2D eigenvalue weighted by Crippen LogP contribution is -2.14. The normalized spacial score (nSPS) is 12.2. The third-order valence-corrected chi connectivity index (χ3v) is 3.54. The van der Waals surface area contributed by atoms with Gasteiger partial charge >= 0.3 is 0 Å². The van der Waals surface area contributed by atoms with E-state index >= 15 is 0 Å². The van der Waals surface area contributed by atoms with E-state index in [2.05, 4.69) is 19.1 Å². The van der Waals surface area contributed by atoms with Gasteiger partial charge in [-0.2, -0.15) is 0 Å². The minimum atomic E-state index is -0.844. The van der Waals surface area contributed by atoms with Gasteiger partial charge in [0.25, 0.3) is 0 Å². The van der Waals surface area contributed by atoms with E-state index in [9.17, 15) is 9.50 Å². The van der Waals surface area contributed by atoms with Crippen LogP contribution in [0.5, 0.6) is 0 Å². The fourth-order valence-electron chi connectivity index (χ4n) is 2.33. The Bertz CT molecular complexity index is 578. The average Bonchev–Trinajstić information content (AvgIpc) is 2.46. The average molecular weight is 273 g/mol. The smallest absolute Gasteiger partial charge is 0.131 e. The molecule has 0 heterocycles. The van der Waals surface area contributed by atoms with Gasteiger partial charge in [-0.25, -0.2) is 4.39 Å². The summed E-state index contributed by atoms with van der Waals surface area (Å²) in [5.41, 5.74) is 3.24. The van der Waals surface area contributed by atoms with Gasteiger partial charge in [-0.15, -0.1) is 0 Å². The zero-order valence-electron chi connectivity index (χ0n) is 12.1. The highest BCUT2D eigenvalue weighted by Gasteiger charge is 2.17. The molecule has 0 saturated heterocycles. The molecule has 0 spiro atoms. The number of anilines is 2. The zero-order chi connectivity index (χ0) is 14.7. The molecule has 0 aliphatic rings. The van der Waals surface area contributed by atoms with E-state index < -0.39 is 6.10 Å². The predicted molar refractivity (Wildman–Crippen MR) is 80.9 cm³/mol. The lowest BCUT2D eigenvalue weighted by molar-refractivity contribution is 0.194. The molecule has 20 heavy (non-hydrogen) atoms. The highest BCUT2D eigenvalue weighted by molar-refractivity contribution is 5.66. The Hall–Kier alpha value is -1.87. The van der Waals surface area contributed by atoms with Crippen LogP contribution in [0.15, 0.2) is 42.5 Å². The summed E-state index contributed by atoms with van der Waals surface area (Å²) in [5, 5.41) is 9.80. The van der Waals surface area contributed by atoms with E-state index in [1.165, 1.54) is 11.6 Å². The van der Waals surface area contributed by atoms with Crippen LogP contribution in [0, 0.1) is 5.82 Å². The van der Waals surface area contributed by atoms with Crippen molar-refractivity contribution in [3.63, 3.8) is 0 Å². The first-order valence-electron chi connectivity index (χ1n) is 6.83. The van der Waals surface area contributed by atoms with E-state index in [0.717, 1.165) is 12.1 Å².